The molecule has 1 fully saturated rings. The Labute approximate surface area is 261 Å². The molecule has 18 heteroatoms. The van der Waals surface area contributed by atoms with Crippen LogP contribution in [-0.4, -0.2) is 65.7 Å². The van der Waals surface area contributed by atoms with Crippen molar-refractivity contribution in [1.82, 2.24) is 19.5 Å². The van der Waals surface area contributed by atoms with Gasteiger partial charge >= 0.3 is 12.3 Å². The molecule has 2 aromatic carbocycles. The van der Waals surface area contributed by atoms with Crippen molar-refractivity contribution in [2.24, 2.45) is 11.2 Å². The Bertz CT molecular complexity index is 1700. The molecular formula is C28H31F3N6O8S. The molecule has 1 unspecified atom stereocenters. The SMILES string of the molecule is Cc1ccc(-c2cc(C(F)(F)F)nn2-c2ccc(S(=O)(=O)NC(=O)C3CCN(/[N+]([O-])=N\OCOC(=O)OC(C)(C)C)C3)cc2)cc1. The molecule has 1 amide bonds. The number of aromatic nitrogens is 2. The number of amides is 1. The lowest BCUT2D eigenvalue weighted by atomic mass is 10.1. The number of hydrogen-bond acceptors (Lipinski definition) is 10. The molecule has 1 N–H and O–H groups in total. The van der Waals surface area contributed by atoms with Crippen LogP contribution in [0.1, 0.15) is 38.4 Å². The van der Waals surface area contributed by atoms with E-state index in [0.29, 0.717) is 5.56 Å². The number of benzene rings is 2. The van der Waals surface area contributed by atoms with Gasteiger partial charge in [0.05, 0.1) is 40.3 Å². The molecule has 0 bridgehead atoms. The van der Waals surface area contributed by atoms with Crippen molar-refractivity contribution in [3.8, 4) is 16.9 Å². The van der Waals surface area contributed by atoms with E-state index in [1.807, 2.05) is 11.6 Å². The minimum atomic E-state index is -4.71. The quantitative estimate of drug-likeness (QED) is 0.0842. The zero-order valence-electron chi connectivity index (χ0n) is 25.1. The van der Waals surface area contributed by atoms with Crippen LogP contribution in [0, 0.1) is 18.0 Å². The summed E-state index contributed by atoms with van der Waals surface area (Å²) >= 11 is 0. The third kappa shape index (κ3) is 8.64. The highest BCUT2D eigenvalue weighted by atomic mass is 32.2. The van der Waals surface area contributed by atoms with Crippen LogP contribution in [0.15, 0.2) is 64.8 Å². The van der Waals surface area contributed by atoms with Crippen LogP contribution in [-0.2, 0) is 35.3 Å². The molecule has 3 aromatic rings. The molecule has 1 saturated heterocycles. The number of nitrogens with one attached hydrogen (secondary N) is 1. The lowest BCUT2D eigenvalue weighted by Crippen LogP contribution is -2.37. The van der Waals surface area contributed by atoms with Crippen molar-refractivity contribution < 1.29 is 50.5 Å². The first-order valence-electron chi connectivity index (χ1n) is 13.8. The zero-order chi connectivity index (χ0) is 33.9. The van der Waals surface area contributed by atoms with Gasteiger partial charge in [0.15, 0.2) is 5.69 Å². The minimum Gasteiger partial charge on any atom is -0.569 e. The van der Waals surface area contributed by atoms with Gasteiger partial charge in [-0.1, -0.05) is 29.8 Å². The Balaban J connectivity index is 1.39. The largest absolute Gasteiger partial charge is 0.569 e. The molecule has 0 saturated carbocycles. The highest BCUT2D eigenvalue weighted by molar-refractivity contribution is 7.90. The summed E-state index contributed by atoms with van der Waals surface area (Å²) in [5.74, 6) is -1.78. The number of rotatable bonds is 9. The van der Waals surface area contributed by atoms with Crippen molar-refractivity contribution in [2.45, 2.75) is 50.8 Å². The summed E-state index contributed by atoms with van der Waals surface area (Å²) in [6.07, 6.45) is -5.63. The number of hydrogen-bond donors (Lipinski definition) is 1. The van der Waals surface area contributed by atoms with Gasteiger partial charge in [-0.25, -0.2) is 22.6 Å². The number of aryl methyl sites for hydroxylation is 1. The van der Waals surface area contributed by atoms with Crippen LogP contribution < -0.4 is 4.72 Å². The highest BCUT2D eigenvalue weighted by Crippen LogP contribution is 2.33. The second kappa shape index (κ2) is 13.2. The average molecular weight is 669 g/mol. The zero-order valence-corrected chi connectivity index (χ0v) is 26.0. The summed E-state index contributed by atoms with van der Waals surface area (Å²) in [6.45, 7) is 5.87. The smallest absolute Gasteiger partial charge is 0.511 e. The van der Waals surface area contributed by atoms with Crippen molar-refractivity contribution >= 4 is 22.1 Å². The van der Waals surface area contributed by atoms with E-state index in [-0.39, 0.29) is 40.8 Å². The molecular weight excluding hydrogens is 637 g/mol. The molecule has 14 nitrogen and oxygen atoms in total. The fraction of sp³-hybridized carbons (Fsp3) is 0.393. The number of alkyl halides is 3. The molecule has 4 rings (SSSR count). The molecule has 1 atom stereocenters. The topological polar surface area (TPSA) is 167 Å². The fourth-order valence-corrected chi connectivity index (χ4v) is 5.32. The third-order valence-electron chi connectivity index (χ3n) is 6.50. The van der Waals surface area contributed by atoms with Gasteiger partial charge < -0.3 is 19.5 Å². The van der Waals surface area contributed by atoms with Crippen LogP contribution in [0.5, 0.6) is 0 Å². The van der Waals surface area contributed by atoms with E-state index in [1.165, 1.54) is 12.1 Å². The van der Waals surface area contributed by atoms with E-state index < -0.39 is 52.3 Å². The normalized spacial score (nSPS) is 15.8. The maximum absolute atomic E-state index is 13.5. The molecule has 1 aromatic heterocycles. The van der Waals surface area contributed by atoms with Crippen LogP contribution in [0.2, 0.25) is 0 Å². The molecule has 1 aliphatic heterocycles. The van der Waals surface area contributed by atoms with E-state index in [2.05, 4.69) is 20.0 Å². The van der Waals surface area contributed by atoms with Crippen LogP contribution >= 0.6 is 0 Å². The number of halogens is 3. The predicted molar refractivity (Wildman–Crippen MR) is 153 cm³/mol. The molecule has 0 radical (unpaired) electrons. The van der Waals surface area contributed by atoms with Crippen molar-refractivity contribution in [3.63, 3.8) is 0 Å². The lowest BCUT2D eigenvalue weighted by Gasteiger charge is -2.18. The second-order valence-corrected chi connectivity index (χ2v) is 12.9. The number of carbonyl (C=O) groups excluding carboxylic acids is 2. The van der Waals surface area contributed by atoms with E-state index in [4.69, 9.17) is 4.74 Å². The maximum atomic E-state index is 13.5. The Morgan fingerprint density at radius 2 is 1.76 bits per heavy atom. The Kier molecular flexibility index (Phi) is 9.79. The fourth-order valence-electron chi connectivity index (χ4n) is 4.28. The van der Waals surface area contributed by atoms with Crippen molar-refractivity contribution in [1.29, 1.82) is 0 Å². The third-order valence-corrected chi connectivity index (χ3v) is 7.86. The van der Waals surface area contributed by atoms with Gasteiger partial charge in [0.1, 0.15) is 5.60 Å². The van der Waals surface area contributed by atoms with Gasteiger partial charge in [0.2, 0.25) is 11.2 Å². The van der Waals surface area contributed by atoms with Gasteiger partial charge in [0.25, 0.3) is 16.8 Å². The van der Waals surface area contributed by atoms with Crippen LogP contribution in [0.3, 0.4) is 0 Å². The second-order valence-electron chi connectivity index (χ2n) is 11.2. The number of nitrogens with zero attached hydrogens (tertiary/aromatic N) is 5. The number of ether oxygens (including phenoxy) is 2. The molecule has 46 heavy (non-hydrogen) atoms. The van der Waals surface area contributed by atoms with Crippen molar-refractivity contribution in [2.75, 3.05) is 19.9 Å². The van der Waals surface area contributed by atoms with Crippen LogP contribution in [0.25, 0.3) is 16.9 Å². The monoisotopic (exact) mass is 668 g/mol. The van der Waals surface area contributed by atoms with E-state index >= 15 is 0 Å². The van der Waals surface area contributed by atoms with E-state index in [0.717, 1.165) is 33.5 Å². The van der Waals surface area contributed by atoms with Gasteiger partial charge in [-0.3, -0.25) is 4.79 Å². The Morgan fingerprint density at radius 1 is 1.11 bits per heavy atom. The van der Waals surface area contributed by atoms with Gasteiger partial charge in [-0.05, 0) is 64.4 Å². The minimum absolute atomic E-state index is 0.0449. The summed E-state index contributed by atoms with van der Waals surface area (Å²) in [5.41, 5.74) is -0.250. The summed E-state index contributed by atoms with van der Waals surface area (Å²) < 4.78 is 79.0. The summed E-state index contributed by atoms with van der Waals surface area (Å²) in [7, 11) is -4.39. The maximum Gasteiger partial charge on any atom is 0.511 e. The Hall–Kier alpha value is -4.87. The summed E-state index contributed by atoms with van der Waals surface area (Å²) in [5, 5.41) is 20.2. The number of hydrazine groups is 1. The summed E-state index contributed by atoms with van der Waals surface area (Å²) in [6, 6.07) is 12.5. The first-order valence-corrected chi connectivity index (χ1v) is 15.2. The lowest BCUT2D eigenvalue weighted by molar-refractivity contribution is -0.708. The van der Waals surface area contributed by atoms with E-state index in [9.17, 15) is 36.4 Å². The average Bonchev–Trinajstić information content (AvgIpc) is 3.63. The highest BCUT2D eigenvalue weighted by Gasteiger charge is 2.36. The molecule has 1 aliphatic rings. The molecule has 248 valence electrons. The molecule has 2 heterocycles. The van der Waals surface area contributed by atoms with Crippen LogP contribution in [0.4, 0.5) is 18.0 Å². The predicted octanol–water partition coefficient (Wildman–Crippen LogP) is 4.71. The molecule has 0 spiro atoms. The molecule has 0 aliphatic carbocycles. The Morgan fingerprint density at radius 3 is 2.37 bits per heavy atom. The van der Waals surface area contributed by atoms with Gasteiger partial charge in [-0.2, -0.15) is 18.3 Å². The van der Waals surface area contributed by atoms with Gasteiger partial charge in [0, 0.05) is 5.56 Å². The first kappa shape index (κ1) is 34.0. The standard InChI is InChI=1S/C28H31F3N6O8S/c1-18-5-7-19(8-6-18)23-15-24(28(29,30)31)32-36(23)21-9-11-22(12-10-21)46(41,42)33-25(38)20-13-14-35(16-20)37(40)34-44-17-43-26(39)45-27(2,3)4/h5-12,15,20H,13-14,16-17H2,1-4H3,(H,33,38)/b37-34+. The summed E-state index contributed by atoms with van der Waals surface area (Å²) in [4.78, 5) is 28.6. The number of sulfonamides is 1. The number of carbonyl (C=O) groups is 2. The van der Waals surface area contributed by atoms with Crippen molar-refractivity contribution in [3.05, 3.63) is 71.1 Å². The van der Waals surface area contributed by atoms with Gasteiger partial charge in [-0.15, -0.1) is 5.01 Å². The van der Waals surface area contributed by atoms with E-state index in [1.54, 1.807) is 45.0 Å². The first-order chi connectivity index (χ1) is 21.4.